The number of fused-ring (bicyclic) bond motifs is 3. The number of aromatic nitrogens is 2. The Labute approximate surface area is 162 Å². The van der Waals surface area contributed by atoms with E-state index in [1.165, 1.54) is 16.9 Å². The fourth-order valence-electron chi connectivity index (χ4n) is 3.79. The molecule has 27 heavy (non-hydrogen) atoms. The highest BCUT2D eigenvalue weighted by Gasteiger charge is 2.22. The number of aliphatic hydroxyl groups is 1. The number of benzene rings is 1. The molecule has 1 aliphatic carbocycles. The minimum Gasteiger partial charge on any atom is -0.387 e. The summed E-state index contributed by atoms with van der Waals surface area (Å²) in [5, 5.41) is 14.5. The molecule has 0 bridgehead atoms. The molecule has 2 aromatic heterocycles. The van der Waals surface area contributed by atoms with Crippen molar-refractivity contribution in [1.82, 2.24) is 9.55 Å². The number of rotatable bonds is 6. The third-order valence-electron chi connectivity index (χ3n) is 5.16. The highest BCUT2D eigenvalue weighted by atomic mass is 32.1. The Bertz CT molecular complexity index is 994. The van der Waals surface area contributed by atoms with E-state index in [1.807, 2.05) is 30.3 Å². The van der Waals surface area contributed by atoms with Crippen LogP contribution in [0.2, 0.25) is 0 Å². The standard InChI is InChI=1S/C21H25N3O2S/c1-2-12-24-20(26)18-15-10-6-7-11-17(15)27-19(18)23-21(24)22-13-16(25)14-8-4-3-5-9-14/h3-5,8-9,16,25H,2,6-7,10-13H2,1H3,(H,22,23). The number of thiophene rings is 1. The van der Waals surface area contributed by atoms with Crippen LogP contribution in [0.5, 0.6) is 0 Å². The van der Waals surface area contributed by atoms with E-state index < -0.39 is 6.10 Å². The lowest BCUT2D eigenvalue weighted by Gasteiger charge is -2.16. The van der Waals surface area contributed by atoms with Gasteiger partial charge in [-0.3, -0.25) is 9.36 Å². The number of nitrogens with zero attached hydrogens (tertiary/aromatic N) is 2. The van der Waals surface area contributed by atoms with Gasteiger partial charge in [0.1, 0.15) is 4.83 Å². The summed E-state index contributed by atoms with van der Waals surface area (Å²) >= 11 is 1.66. The zero-order valence-electron chi connectivity index (χ0n) is 15.6. The lowest BCUT2D eigenvalue weighted by molar-refractivity contribution is 0.191. The summed E-state index contributed by atoms with van der Waals surface area (Å²) < 4.78 is 1.74. The molecule has 6 heteroatoms. The number of aryl methyl sites for hydroxylation is 2. The molecule has 0 radical (unpaired) electrons. The average Bonchev–Trinajstić information content (AvgIpc) is 3.07. The van der Waals surface area contributed by atoms with Gasteiger partial charge in [0.05, 0.1) is 11.5 Å². The second kappa shape index (κ2) is 7.82. The predicted molar refractivity (Wildman–Crippen MR) is 111 cm³/mol. The molecule has 2 heterocycles. The first-order chi connectivity index (χ1) is 13.2. The molecule has 0 fully saturated rings. The summed E-state index contributed by atoms with van der Waals surface area (Å²) in [5.74, 6) is 0.558. The molecule has 0 amide bonds. The minimum absolute atomic E-state index is 0.0537. The maximum atomic E-state index is 13.2. The number of anilines is 1. The van der Waals surface area contributed by atoms with Crippen LogP contribution < -0.4 is 10.9 Å². The van der Waals surface area contributed by atoms with Gasteiger partial charge in [-0.25, -0.2) is 4.98 Å². The quantitative estimate of drug-likeness (QED) is 0.678. The van der Waals surface area contributed by atoms with Crippen molar-refractivity contribution in [1.29, 1.82) is 0 Å². The third-order valence-corrected chi connectivity index (χ3v) is 6.35. The molecule has 1 unspecified atom stereocenters. The zero-order valence-corrected chi connectivity index (χ0v) is 16.4. The molecule has 142 valence electrons. The van der Waals surface area contributed by atoms with Crippen molar-refractivity contribution in [2.45, 2.75) is 51.7 Å². The number of hydrogen-bond donors (Lipinski definition) is 2. The molecule has 0 spiro atoms. The molecule has 4 rings (SSSR count). The molecular weight excluding hydrogens is 358 g/mol. The van der Waals surface area contributed by atoms with Crippen molar-refractivity contribution in [3.63, 3.8) is 0 Å². The van der Waals surface area contributed by atoms with Gasteiger partial charge < -0.3 is 10.4 Å². The number of nitrogens with one attached hydrogen (secondary N) is 1. The lowest BCUT2D eigenvalue weighted by atomic mass is 9.97. The van der Waals surface area contributed by atoms with Crippen LogP contribution in [0.4, 0.5) is 5.95 Å². The Morgan fingerprint density at radius 3 is 2.81 bits per heavy atom. The summed E-state index contributed by atoms with van der Waals surface area (Å²) in [7, 11) is 0. The monoisotopic (exact) mass is 383 g/mol. The summed E-state index contributed by atoms with van der Waals surface area (Å²) in [4.78, 5) is 20.2. The van der Waals surface area contributed by atoms with Crippen molar-refractivity contribution >= 4 is 27.5 Å². The van der Waals surface area contributed by atoms with E-state index >= 15 is 0 Å². The summed E-state index contributed by atoms with van der Waals surface area (Å²) in [6.45, 7) is 3.00. The fraction of sp³-hybridized carbons (Fsp3) is 0.429. The van der Waals surface area contributed by atoms with E-state index in [0.717, 1.165) is 41.5 Å². The molecular formula is C21H25N3O2S. The van der Waals surface area contributed by atoms with Crippen LogP contribution in [0.15, 0.2) is 35.1 Å². The fourth-order valence-corrected chi connectivity index (χ4v) is 5.04. The van der Waals surface area contributed by atoms with E-state index in [1.54, 1.807) is 15.9 Å². The first kappa shape index (κ1) is 18.2. The summed E-state index contributed by atoms with van der Waals surface area (Å²) in [5.41, 5.74) is 2.12. The van der Waals surface area contributed by atoms with Crippen LogP contribution in [0.25, 0.3) is 10.2 Å². The maximum Gasteiger partial charge on any atom is 0.263 e. The van der Waals surface area contributed by atoms with Crippen molar-refractivity contribution in [3.8, 4) is 0 Å². The van der Waals surface area contributed by atoms with Crippen LogP contribution in [0.1, 0.15) is 48.3 Å². The topological polar surface area (TPSA) is 67.2 Å². The van der Waals surface area contributed by atoms with Gasteiger partial charge in [0, 0.05) is 18.0 Å². The highest BCUT2D eigenvalue weighted by molar-refractivity contribution is 7.18. The third kappa shape index (κ3) is 3.51. The van der Waals surface area contributed by atoms with Crippen molar-refractivity contribution in [2.24, 2.45) is 0 Å². The van der Waals surface area contributed by atoms with Crippen LogP contribution in [0, 0.1) is 0 Å². The Morgan fingerprint density at radius 1 is 1.26 bits per heavy atom. The van der Waals surface area contributed by atoms with Gasteiger partial charge in [-0.15, -0.1) is 11.3 Å². The molecule has 1 aliphatic rings. The van der Waals surface area contributed by atoms with E-state index in [4.69, 9.17) is 4.98 Å². The van der Waals surface area contributed by atoms with Gasteiger partial charge in [-0.2, -0.15) is 0 Å². The Balaban J connectivity index is 1.69. The second-order valence-electron chi connectivity index (χ2n) is 7.09. The Kier molecular flexibility index (Phi) is 5.27. The molecule has 1 atom stereocenters. The van der Waals surface area contributed by atoms with E-state index in [2.05, 4.69) is 12.2 Å². The smallest absolute Gasteiger partial charge is 0.263 e. The van der Waals surface area contributed by atoms with Gasteiger partial charge in [0.25, 0.3) is 5.56 Å². The number of hydrogen-bond acceptors (Lipinski definition) is 5. The van der Waals surface area contributed by atoms with Gasteiger partial charge in [0.2, 0.25) is 5.95 Å². The minimum atomic E-state index is -0.648. The van der Waals surface area contributed by atoms with E-state index in [9.17, 15) is 9.90 Å². The van der Waals surface area contributed by atoms with Crippen molar-refractivity contribution in [2.75, 3.05) is 11.9 Å². The number of aliphatic hydroxyl groups excluding tert-OH is 1. The van der Waals surface area contributed by atoms with Gasteiger partial charge >= 0.3 is 0 Å². The molecule has 2 N–H and O–H groups in total. The second-order valence-corrected chi connectivity index (χ2v) is 8.17. The van der Waals surface area contributed by atoms with Gasteiger partial charge in [0.15, 0.2) is 0 Å². The van der Waals surface area contributed by atoms with Crippen LogP contribution in [-0.4, -0.2) is 21.2 Å². The van der Waals surface area contributed by atoms with E-state index in [-0.39, 0.29) is 5.56 Å². The first-order valence-electron chi connectivity index (χ1n) is 9.71. The molecule has 1 aromatic carbocycles. The van der Waals surface area contributed by atoms with Crippen molar-refractivity contribution in [3.05, 3.63) is 56.7 Å². The molecule has 0 saturated carbocycles. The van der Waals surface area contributed by atoms with Crippen molar-refractivity contribution < 1.29 is 5.11 Å². The molecule has 0 saturated heterocycles. The molecule has 0 aliphatic heterocycles. The normalized spacial score (nSPS) is 14.9. The van der Waals surface area contributed by atoms with Gasteiger partial charge in [-0.05, 0) is 43.2 Å². The van der Waals surface area contributed by atoms with Crippen LogP contribution >= 0.6 is 11.3 Å². The predicted octanol–water partition coefficient (Wildman–Crippen LogP) is 3.89. The Hall–Kier alpha value is -2.18. The molecule has 5 nitrogen and oxygen atoms in total. The largest absolute Gasteiger partial charge is 0.387 e. The zero-order chi connectivity index (χ0) is 18.8. The SMILES string of the molecule is CCCn1c(NCC(O)c2ccccc2)nc2sc3c(c2c1=O)CCCC3. The lowest BCUT2D eigenvalue weighted by Crippen LogP contribution is -2.27. The Morgan fingerprint density at radius 2 is 2.04 bits per heavy atom. The van der Waals surface area contributed by atoms with E-state index in [0.29, 0.717) is 19.0 Å². The van der Waals surface area contributed by atoms with Crippen LogP contribution in [0.3, 0.4) is 0 Å². The van der Waals surface area contributed by atoms with Crippen LogP contribution in [-0.2, 0) is 19.4 Å². The summed E-state index contributed by atoms with van der Waals surface area (Å²) in [6.07, 6.45) is 4.59. The summed E-state index contributed by atoms with van der Waals surface area (Å²) in [6, 6.07) is 9.54. The molecule has 3 aromatic rings. The first-order valence-corrected chi connectivity index (χ1v) is 10.5. The maximum absolute atomic E-state index is 13.2. The van der Waals surface area contributed by atoms with Gasteiger partial charge in [-0.1, -0.05) is 37.3 Å². The average molecular weight is 384 g/mol. The highest BCUT2D eigenvalue weighted by Crippen LogP contribution is 2.34.